The van der Waals surface area contributed by atoms with Gasteiger partial charge in [0, 0.05) is 0 Å². The van der Waals surface area contributed by atoms with Crippen LogP contribution in [0.4, 0.5) is 0 Å². The van der Waals surface area contributed by atoms with Gasteiger partial charge in [-0.25, -0.2) is 0 Å². The number of carbonyl (C=O) groups is 1. The van der Waals surface area contributed by atoms with Crippen molar-refractivity contribution >= 4 is 5.97 Å². The van der Waals surface area contributed by atoms with Crippen LogP contribution in [0.5, 0.6) is 0 Å². The van der Waals surface area contributed by atoms with Crippen LogP contribution in [-0.4, -0.2) is 24.3 Å². The van der Waals surface area contributed by atoms with Gasteiger partial charge < -0.3 is 9.84 Å². The van der Waals surface area contributed by atoms with Gasteiger partial charge in [-0.05, 0) is 67.6 Å². The van der Waals surface area contributed by atoms with Crippen molar-refractivity contribution in [1.29, 1.82) is 0 Å². The average molecular weight is 330 g/mol. The summed E-state index contributed by atoms with van der Waals surface area (Å²) in [5.41, 5.74) is 3.30. The monoisotopic (exact) mass is 330 g/mol. The lowest BCUT2D eigenvalue weighted by Gasteiger charge is -2.54. The zero-order valence-electron chi connectivity index (χ0n) is 15.2. The van der Waals surface area contributed by atoms with E-state index in [1.807, 2.05) is 0 Å². The van der Waals surface area contributed by atoms with Crippen LogP contribution in [0.3, 0.4) is 0 Å². The van der Waals surface area contributed by atoms with Crippen LogP contribution in [-0.2, 0) is 9.53 Å². The topological polar surface area (TPSA) is 46.5 Å². The molecule has 24 heavy (non-hydrogen) atoms. The Kier molecular flexibility index (Phi) is 3.72. The number of carbonyl (C=O) groups excluding carboxylic acids is 1. The number of aliphatic hydroxyl groups excluding tert-OH is 1. The van der Waals surface area contributed by atoms with Gasteiger partial charge in [0.2, 0.25) is 0 Å². The molecule has 0 unspecified atom stereocenters. The maximum atomic E-state index is 12.3. The lowest BCUT2D eigenvalue weighted by atomic mass is 9.50. The highest BCUT2D eigenvalue weighted by Crippen LogP contribution is 2.64. The third kappa shape index (κ3) is 2.09. The van der Waals surface area contributed by atoms with Gasteiger partial charge >= 0.3 is 5.97 Å². The number of ether oxygens (including phenoxy) is 1. The van der Waals surface area contributed by atoms with Gasteiger partial charge in [-0.15, -0.1) is 0 Å². The van der Waals surface area contributed by atoms with Gasteiger partial charge in [-0.3, -0.25) is 4.79 Å². The van der Waals surface area contributed by atoms with E-state index in [4.69, 9.17) is 4.74 Å². The van der Waals surface area contributed by atoms with Gasteiger partial charge in [0.25, 0.3) is 0 Å². The van der Waals surface area contributed by atoms with Crippen molar-refractivity contribution in [3.63, 3.8) is 0 Å². The minimum atomic E-state index is -0.164. The molecule has 3 saturated carbocycles. The zero-order valence-corrected chi connectivity index (χ0v) is 15.2. The van der Waals surface area contributed by atoms with Crippen LogP contribution in [0.1, 0.15) is 58.8 Å². The molecule has 3 fully saturated rings. The molecule has 4 aliphatic rings. The molecular weight excluding hydrogens is 300 g/mol. The Bertz CT molecular complexity index is 619. The summed E-state index contributed by atoms with van der Waals surface area (Å²) in [5, 5.41) is 10.1. The fraction of sp³-hybridized carbons (Fsp3) is 0.762. The number of allylic oxidation sites excluding steroid dienone is 3. The highest BCUT2D eigenvalue weighted by molar-refractivity contribution is 5.74. The summed E-state index contributed by atoms with van der Waals surface area (Å²) in [4.78, 5) is 12.3. The minimum absolute atomic E-state index is 0.0157. The number of methoxy groups -OCH3 is 1. The number of esters is 1. The molecule has 6 atom stereocenters. The largest absolute Gasteiger partial charge is 0.469 e. The molecular formula is C21H30O3. The summed E-state index contributed by atoms with van der Waals surface area (Å²) < 4.78 is 5.10. The van der Waals surface area contributed by atoms with Crippen LogP contribution in [0.25, 0.3) is 0 Å². The first kappa shape index (κ1) is 16.4. The lowest BCUT2D eigenvalue weighted by Crippen LogP contribution is -2.46. The SMILES string of the molecule is COC(=O)[C@H]1CC[C@H]2C3=CC=C4C[C@@H](O)CC[C@]4(C)[C@H]3CC[C@]12C. The van der Waals surface area contributed by atoms with E-state index in [0.29, 0.717) is 11.8 Å². The molecule has 0 heterocycles. The third-order valence-electron chi connectivity index (χ3n) is 8.03. The van der Waals surface area contributed by atoms with E-state index in [1.54, 1.807) is 5.57 Å². The number of hydrogen-bond acceptors (Lipinski definition) is 3. The Morgan fingerprint density at radius 3 is 2.67 bits per heavy atom. The van der Waals surface area contributed by atoms with Crippen molar-refractivity contribution in [3.8, 4) is 0 Å². The molecule has 132 valence electrons. The molecule has 0 spiro atoms. The molecule has 0 amide bonds. The molecule has 3 heteroatoms. The smallest absolute Gasteiger partial charge is 0.309 e. The Morgan fingerprint density at radius 1 is 1.12 bits per heavy atom. The predicted molar refractivity (Wildman–Crippen MR) is 93.2 cm³/mol. The van der Waals surface area contributed by atoms with Crippen molar-refractivity contribution in [2.45, 2.75) is 64.9 Å². The van der Waals surface area contributed by atoms with E-state index >= 15 is 0 Å². The third-order valence-corrected chi connectivity index (χ3v) is 8.03. The van der Waals surface area contributed by atoms with Gasteiger partial charge in [0.05, 0.1) is 19.1 Å². The number of hydrogen-bond donors (Lipinski definition) is 1. The molecule has 4 rings (SSSR count). The molecule has 0 aromatic heterocycles. The van der Waals surface area contributed by atoms with Crippen molar-refractivity contribution in [3.05, 3.63) is 23.3 Å². The number of fused-ring (bicyclic) bond motifs is 5. The van der Waals surface area contributed by atoms with Gasteiger partial charge in [-0.1, -0.05) is 37.1 Å². The second-order valence-electron chi connectivity index (χ2n) is 8.98. The Morgan fingerprint density at radius 2 is 1.92 bits per heavy atom. The first-order valence-electron chi connectivity index (χ1n) is 9.57. The van der Waals surface area contributed by atoms with Crippen LogP contribution in [0, 0.1) is 28.6 Å². The van der Waals surface area contributed by atoms with Crippen LogP contribution >= 0.6 is 0 Å². The van der Waals surface area contributed by atoms with E-state index in [2.05, 4.69) is 26.0 Å². The molecule has 0 bridgehead atoms. The van der Waals surface area contributed by atoms with Gasteiger partial charge in [0.15, 0.2) is 0 Å². The molecule has 0 saturated heterocycles. The maximum Gasteiger partial charge on any atom is 0.309 e. The quantitative estimate of drug-likeness (QED) is 0.739. The van der Waals surface area contributed by atoms with Crippen LogP contribution < -0.4 is 0 Å². The first-order valence-corrected chi connectivity index (χ1v) is 9.57. The van der Waals surface area contributed by atoms with E-state index in [-0.39, 0.29) is 28.8 Å². The van der Waals surface area contributed by atoms with Crippen molar-refractivity contribution in [2.75, 3.05) is 7.11 Å². The maximum absolute atomic E-state index is 12.3. The molecule has 0 aromatic carbocycles. The highest BCUT2D eigenvalue weighted by Gasteiger charge is 2.58. The van der Waals surface area contributed by atoms with Crippen molar-refractivity contribution < 1.29 is 14.6 Å². The van der Waals surface area contributed by atoms with E-state index in [1.165, 1.54) is 12.7 Å². The van der Waals surface area contributed by atoms with E-state index in [0.717, 1.165) is 44.9 Å². The van der Waals surface area contributed by atoms with E-state index in [9.17, 15) is 9.90 Å². The summed E-state index contributed by atoms with van der Waals surface area (Å²) in [6.07, 6.45) is 11.7. The Labute approximate surface area is 145 Å². The van der Waals surface area contributed by atoms with Gasteiger partial charge in [-0.2, -0.15) is 0 Å². The lowest BCUT2D eigenvalue weighted by molar-refractivity contribution is -0.150. The summed E-state index contributed by atoms with van der Waals surface area (Å²) in [5.74, 6) is 1.15. The highest BCUT2D eigenvalue weighted by atomic mass is 16.5. The van der Waals surface area contributed by atoms with Crippen LogP contribution in [0.2, 0.25) is 0 Å². The predicted octanol–water partition coefficient (Wildman–Crippen LogP) is 4.02. The standard InChI is InChI=1S/C21H30O3/c1-20-10-8-14(22)12-13(20)4-5-15-16-6-7-18(19(23)24-3)21(16,2)11-9-17(15)20/h4-5,14,16-18,22H,6-12H2,1-3H3/t14-,16-,17-,18+,20-,21-/m0/s1. The average Bonchev–Trinajstić information content (AvgIpc) is 2.92. The normalized spacial score (nSPS) is 47.0. The second-order valence-corrected chi connectivity index (χ2v) is 8.98. The molecule has 0 aromatic rings. The molecule has 1 N–H and O–H groups in total. The van der Waals surface area contributed by atoms with Crippen molar-refractivity contribution in [1.82, 2.24) is 0 Å². The van der Waals surface area contributed by atoms with Crippen LogP contribution in [0.15, 0.2) is 23.3 Å². The fourth-order valence-electron chi connectivity index (χ4n) is 6.51. The summed E-state index contributed by atoms with van der Waals surface area (Å²) in [6.45, 7) is 4.73. The summed E-state index contributed by atoms with van der Waals surface area (Å²) >= 11 is 0. The molecule has 0 aliphatic heterocycles. The summed E-state index contributed by atoms with van der Waals surface area (Å²) in [6, 6.07) is 0. The Hall–Kier alpha value is -1.09. The molecule has 0 radical (unpaired) electrons. The molecule has 3 nitrogen and oxygen atoms in total. The number of rotatable bonds is 1. The molecule has 4 aliphatic carbocycles. The summed E-state index contributed by atoms with van der Waals surface area (Å²) in [7, 11) is 1.52. The number of aliphatic hydroxyl groups is 1. The second kappa shape index (κ2) is 5.45. The van der Waals surface area contributed by atoms with Crippen molar-refractivity contribution in [2.24, 2.45) is 28.6 Å². The first-order chi connectivity index (χ1) is 11.4. The fourth-order valence-corrected chi connectivity index (χ4v) is 6.51. The Balaban J connectivity index is 1.69. The van der Waals surface area contributed by atoms with E-state index < -0.39 is 0 Å². The minimum Gasteiger partial charge on any atom is -0.469 e. The van der Waals surface area contributed by atoms with Gasteiger partial charge in [0.1, 0.15) is 0 Å². The zero-order chi connectivity index (χ0) is 17.1.